The zero-order chi connectivity index (χ0) is 14.8. The SMILES string of the molecule is CC(C)n1c(CCc2cccc(N)c2)nc2ccccc21. The summed E-state index contributed by atoms with van der Waals surface area (Å²) in [5.41, 5.74) is 10.2. The van der Waals surface area contributed by atoms with Crippen molar-refractivity contribution in [2.24, 2.45) is 0 Å². The molecule has 0 atom stereocenters. The first-order valence-corrected chi connectivity index (χ1v) is 7.45. The number of fused-ring (bicyclic) bond motifs is 1. The molecule has 108 valence electrons. The van der Waals surface area contributed by atoms with Crippen LogP contribution >= 0.6 is 0 Å². The molecule has 2 aromatic carbocycles. The summed E-state index contributed by atoms with van der Waals surface area (Å²) in [6.45, 7) is 4.41. The molecule has 21 heavy (non-hydrogen) atoms. The van der Waals surface area contributed by atoms with E-state index in [0.29, 0.717) is 6.04 Å². The second-order valence-electron chi connectivity index (χ2n) is 5.73. The molecule has 1 aromatic heterocycles. The first-order valence-electron chi connectivity index (χ1n) is 7.45. The topological polar surface area (TPSA) is 43.8 Å². The van der Waals surface area contributed by atoms with Crippen LogP contribution in [0.15, 0.2) is 48.5 Å². The molecule has 0 fully saturated rings. The third-order valence-corrected chi connectivity index (χ3v) is 3.77. The molecule has 3 aromatic rings. The van der Waals surface area contributed by atoms with E-state index in [2.05, 4.69) is 42.7 Å². The van der Waals surface area contributed by atoms with Crippen molar-refractivity contribution >= 4 is 16.7 Å². The van der Waals surface area contributed by atoms with Gasteiger partial charge >= 0.3 is 0 Å². The molecular formula is C18H21N3. The molecule has 0 aliphatic carbocycles. The Labute approximate surface area is 125 Å². The van der Waals surface area contributed by atoms with Crippen molar-refractivity contribution < 1.29 is 0 Å². The Kier molecular flexibility index (Phi) is 3.65. The van der Waals surface area contributed by atoms with Crippen LogP contribution in [0.5, 0.6) is 0 Å². The van der Waals surface area contributed by atoms with Gasteiger partial charge in [0.1, 0.15) is 5.82 Å². The van der Waals surface area contributed by atoms with Crippen LogP contribution in [0.4, 0.5) is 5.69 Å². The highest BCUT2D eigenvalue weighted by atomic mass is 15.1. The van der Waals surface area contributed by atoms with Crippen molar-refractivity contribution in [2.45, 2.75) is 32.7 Å². The Morgan fingerprint density at radius 1 is 1.05 bits per heavy atom. The van der Waals surface area contributed by atoms with Gasteiger partial charge in [0.25, 0.3) is 0 Å². The first-order chi connectivity index (χ1) is 10.1. The Balaban J connectivity index is 1.91. The number of imidazole rings is 1. The monoisotopic (exact) mass is 279 g/mol. The number of nitrogen functional groups attached to an aromatic ring is 1. The molecule has 3 nitrogen and oxygen atoms in total. The van der Waals surface area contributed by atoms with Gasteiger partial charge in [0.15, 0.2) is 0 Å². The summed E-state index contributed by atoms with van der Waals surface area (Å²) in [5.74, 6) is 1.15. The number of aromatic nitrogens is 2. The Bertz CT molecular complexity index is 756. The number of nitrogens with two attached hydrogens (primary N) is 1. The largest absolute Gasteiger partial charge is 0.399 e. The minimum atomic E-state index is 0.410. The van der Waals surface area contributed by atoms with Gasteiger partial charge in [0, 0.05) is 18.2 Å². The molecule has 0 amide bonds. The van der Waals surface area contributed by atoms with Gasteiger partial charge in [-0.25, -0.2) is 4.98 Å². The van der Waals surface area contributed by atoms with E-state index in [9.17, 15) is 0 Å². The van der Waals surface area contributed by atoms with Crippen LogP contribution in [-0.4, -0.2) is 9.55 Å². The van der Waals surface area contributed by atoms with Crippen molar-refractivity contribution in [3.63, 3.8) is 0 Å². The molecule has 0 radical (unpaired) electrons. The summed E-state index contributed by atoms with van der Waals surface area (Å²) in [5, 5.41) is 0. The number of nitrogens with zero attached hydrogens (tertiary/aromatic N) is 2. The highest BCUT2D eigenvalue weighted by Crippen LogP contribution is 2.22. The fourth-order valence-corrected chi connectivity index (χ4v) is 2.85. The number of rotatable bonds is 4. The molecule has 0 aliphatic heterocycles. The maximum Gasteiger partial charge on any atom is 0.110 e. The Hall–Kier alpha value is -2.29. The van der Waals surface area contributed by atoms with Crippen LogP contribution < -0.4 is 5.73 Å². The third kappa shape index (κ3) is 2.77. The molecule has 2 N–H and O–H groups in total. The van der Waals surface area contributed by atoms with Crippen LogP contribution in [0.1, 0.15) is 31.3 Å². The van der Waals surface area contributed by atoms with Crippen LogP contribution in [0, 0.1) is 0 Å². The molecular weight excluding hydrogens is 258 g/mol. The number of para-hydroxylation sites is 2. The number of hydrogen-bond donors (Lipinski definition) is 1. The van der Waals surface area contributed by atoms with Crippen LogP contribution in [-0.2, 0) is 12.8 Å². The van der Waals surface area contributed by atoms with Crippen LogP contribution in [0.25, 0.3) is 11.0 Å². The van der Waals surface area contributed by atoms with Gasteiger partial charge in [-0.15, -0.1) is 0 Å². The molecule has 0 saturated carbocycles. The van der Waals surface area contributed by atoms with Crippen LogP contribution in [0.3, 0.4) is 0 Å². The van der Waals surface area contributed by atoms with Gasteiger partial charge in [-0.05, 0) is 50.1 Å². The number of aryl methyl sites for hydroxylation is 2. The molecule has 0 spiro atoms. The predicted molar refractivity (Wildman–Crippen MR) is 88.4 cm³/mol. The molecule has 0 bridgehead atoms. The zero-order valence-electron chi connectivity index (χ0n) is 12.6. The van der Waals surface area contributed by atoms with E-state index in [0.717, 1.165) is 29.9 Å². The maximum atomic E-state index is 5.85. The van der Waals surface area contributed by atoms with E-state index >= 15 is 0 Å². The predicted octanol–water partition coefficient (Wildman–Crippen LogP) is 3.98. The van der Waals surface area contributed by atoms with Crippen molar-refractivity contribution in [1.29, 1.82) is 0 Å². The first kappa shape index (κ1) is 13.7. The fraction of sp³-hybridized carbons (Fsp3) is 0.278. The van der Waals surface area contributed by atoms with E-state index in [-0.39, 0.29) is 0 Å². The maximum absolute atomic E-state index is 5.85. The summed E-state index contributed by atoms with van der Waals surface area (Å²) in [4.78, 5) is 4.80. The minimum Gasteiger partial charge on any atom is -0.399 e. The zero-order valence-corrected chi connectivity index (χ0v) is 12.6. The summed E-state index contributed by atoms with van der Waals surface area (Å²) in [6.07, 6.45) is 1.89. The molecule has 3 heteroatoms. The number of benzene rings is 2. The van der Waals surface area contributed by atoms with Gasteiger partial charge < -0.3 is 10.3 Å². The highest BCUT2D eigenvalue weighted by Gasteiger charge is 2.12. The smallest absolute Gasteiger partial charge is 0.110 e. The molecule has 1 heterocycles. The van der Waals surface area contributed by atoms with Crippen LogP contribution in [0.2, 0.25) is 0 Å². The molecule has 0 saturated heterocycles. The van der Waals surface area contributed by atoms with E-state index in [1.54, 1.807) is 0 Å². The van der Waals surface area contributed by atoms with E-state index in [1.807, 2.05) is 24.3 Å². The second-order valence-corrected chi connectivity index (χ2v) is 5.73. The third-order valence-electron chi connectivity index (χ3n) is 3.77. The Morgan fingerprint density at radius 2 is 1.86 bits per heavy atom. The molecule has 3 rings (SSSR count). The lowest BCUT2D eigenvalue weighted by Gasteiger charge is -2.13. The van der Waals surface area contributed by atoms with Gasteiger partial charge in [-0.2, -0.15) is 0 Å². The van der Waals surface area contributed by atoms with Gasteiger partial charge in [0.2, 0.25) is 0 Å². The standard InChI is InChI=1S/C18H21N3/c1-13(2)21-17-9-4-3-8-16(17)20-18(21)11-10-14-6-5-7-15(19)12-14/h3-9,12-13H,10-11,19H2,1-2H3. The summed E-state index contributed by atoms with van der Waals surface area (Å²) < 4.78 is 2.33. The van der Waals surface area contributed by atoms with E-state index < -0.39 is 0 Å². The Morgan fingerprint density at radius 3 is 2.62 bits per heavy atom. The lowest BCUT2D eigenvalue weighted by molar-refractivity contribution is 0.582. The van der Waals surface area contributed by atoms with E-state index in [1.165, 1.54) is 11.1 Å². The average molecular weight is 279 g/mol. The summed E-state index contributed by atoms with van der Waals surface area (Å²) in [7, 11) is 0. The normalized spacial score (nSPS) is 11.4. The number of hydrogen-bond acceptors (Lipinski definition) is 2. The second kappa shape index (κ2) is 5.60. The van der Waals surface area contributed by atoms with Crippen molar-refractivity contribution in [3.05, 3.63) is 59.9 Å². The molecule has 0 aliphatic rings. The van der Waals surface area contributed by atoms with Crippen molar-refractivity contribution in [3.8, 4) is 0 Å². The quantitative estimate of drug-likeness (QED) is 0.734. The van der Waals surface area contributed by atoms with Gasteiger partial charge in [-0.3, -0.25) is 0 Å². The average Bonchev–Trinajstić information content (AvgIpc) is 2.83. The summed E-state index contributed by atoms with van der Waals surface area (Å²) in [6, 6.07) is 16.9. The lowest BCUT2D eigenvalue weighted by Crippen LogP contribution is -2.07. The number of anilines is 1. The van der Waals surface area contributed by atoms with E-state index in [4.69, 9.17) is 10.7 Å². The molecule has 0 unspecified atom stereocenters. The lowest BCUT2D eigenvalue weighted by atomic mass is 10.1. The highest BCUT2D eigenvalue weighted by molar-refractivity contribution is 5.76. The fourth-order valence-electron chi connectivity index (χ4n) is 2.85. The van der Waals surface area contributed by atoms with Crippen molar-refractivity contribution in [1.82, 2.24) is 9.55 Å². The minimum absolute atomic E-state index is 0.410. The summed E-state index contributed by atoms with van der Waals surface area (Å²) >= 11 is 0. The van der Waals surface area contributed by atoms with Gasteiger partial charge in [-0.1, -0.05) is 24.3 Å². The van der Waals surface area contributed by atoms with Crippen molar-refractivity contribution in [2.75, 3.05) is 5.73 Å². The van der Waals surface area contributed by atoms with Gasteiger partial charge in [0.05, 0.1) is 11.0 Å².